The molecule has 1 saturated heterocycles. The molecule has 1 aliphatic heterocycles. The maximum Gasteiger partial charge on any atom is 0.247 e. The van der Waals surface area contributed by atoms with Gasteiger partial charge in [-0.3, -0.25) is 14.4 Å². The lowest BCUT2D eigenvalue weighted by Gasteiger charge is -2.37. The van der Waals surface area contributed by atoms with Gasteiger partial charge in [-0.1, -0.05) is 56.4 Å². The van der Waals surface area contributed by atoms with Crippen LogP contribution in [0.3, 0.4) is 0 Å². The Labute approximate surface area is 319 Å². The number of aryl methyl sites for hydroxylation is 1. The van der Waals surface area contributed by atoms with Crippen molar-refractivity contribution in [3.63, 3.8) is 0 Å². The molecule has 2 heterocycles. The minimum atomic E-state index is -0.861. The molecule has 0 aliphatic carbocycles. The zero-order valence-corrected chi connectivity index (χ0v) is 33.3. The van der Waals surface area contributed by atoms with Gasteiger partial charge in [-0.15, -0.1) is 11.3 Å². The topological polar surface area (TPSA) is 173 Å². The third kappa shape index (κ3) is 15.1. The van der Waals surface area contributed by atoms with Crippen molar-refractivity contribution in [2.24, 2.45) is 11.5 Å². The number of benzene rings is 1. The second-order valence-electron chi connectivity index (χ2n) is 14.4. The summed E-state index contributed by atoms with van der Waals surface area (Å²) in [6.45, 7) is 9.11. The molecule has 0 radical (unpaired) electrons. The van der Waals surface area contributed by atoms with Gasteiger partial charge in [0.1, 0.15) is 12.1 Å². The number of aliphatic hydroxyl groups excluding tert-OH is 1. The number of rotatable bonds is 26. The molecular weight excluding hydrogens is 697 g/mol. The first-order chi connectivity index (χ1) is 25.1. The van der Waals surface area contributed by atoms with E-state index >= 15 is 0 Å². The molecular formula is C39H64N6O5S2. The lowest BCUT2D eigenvalue weighted by Crippen LogP contribution is -2.59. The SMILES string of the molecule is Cc1ncsc1-c1ccc(CNC(=O)[C@@H]2C[C@@H](O)CN2C(=O)C(NC(=O)CCCCCOCCCCCCN)C(C)(C)SCCCCCCN)cc1. The average Bonchev–Trinajstić information content (AvgIpc) is 3.75. The highest BCUT2D eigenvalue weighted by molar-refractivity contribution is 8.00. The van der Waals surface area contributed by atoms with E-state index in [9.17, 15) is 19.5 Å². The van der Waals surface area contributed by atoms with Crippen molar-refractivity contribution >= 4 is 40.8 Å². The van der Waals surface area contributed by atoms with Gasteiger partial charge >= 0.3 is 0 Å². The Bertz CT molecular complexity index is 1340. The Hall–Kier alpha value is -2.55. The molecule has 0 saturated carbocycles. The first-order valence-electron chi connectivity index (χ1n) is 19.2. The van der Waals surface area contributed by atoms with Gasteiger partial charge in [0, 0.05) is 43.9 Å². The van der Waals surface area contributed by atoms with Gasteiger partial charge in [0.25, 0.3) is 0 Å². The van der Waals surface area contributed by atoms with Crippen LogP contribution in [-0.2, 0) is 25.7 Å². The molecule has 3 rings (SSSR count). The van der Waals surface area contributed by atoms with Gasteiger partial charge in [0.2, 0.25) is 17.7 Å². The van der Waals surface area contributed by atoms with Gasteiger partial charge in [-0.25, -0.2) is 4.98 Å². The van der Waals surface area contributed by atoms with E-state index < -0.39 is 22.9 Å². The molecule has 1 aromatic carbocycles. The summed E-state index contributed by atoms with van der Waals surface area (Å²) in [5.74, 6) is -0.0122. The van der Waals surface area contributed by atoms with Crippen molar-refractivity contribution in [3.8, 4) is 10.4 Å². The number of nitrogens with two attached hydrogens (primary N) is 2. The predicted octanol–water partition coefficient (Wildman–Crippen LogP) is 5.31. The minimum Gasteiger partial charge on any atom is -0.391 e. The number of nitrogens with zero attached hydrogens (tertiary/aromatic N) is 2. The summed E-state index contributed by atoms with van der Waals surface area (Å²) < 4.78 is 5.10. The summed E-state index contributed by atoms with van der Waals surface area (Å²) in [5.41, 5.74) is 16.0. The Morgan fingerprint density at radius 2 is 1.62 bits per heavy atom. The zero-order chi connectivity index (χ0) is 37.8. The minimum absolute atomic E-state index is 0.0407. The Morgan fingerprint density at radius 1 is 0.981 bits per heavy atom. The molecule has 52 heavy (non-hydrogen) atoms. The summed E-state index contributed by atoms with van der Waals surface area (Å²) in [7, 11) is 0. The number of likely N-dealkylation sites (tertiary alicyclic amines) is 1. The summed E-state index contributed by atoms with van der Waals surface area (Å²) >= 11 is 3.25. The van der Waals surface area contributed by atoms with Crippen LogP contribution in [0.4, 0.5) is 0 Å². The number of thioether (sulfide) groups is 1. The maximum absolute atomic E-state index is 14.3. The number of carbonyl (C=O) groups excluding carboxylic acids is 3. The molecule has 292 valence electrons. The third-order valence-electron chi connectivity index (χ3n) is 9.55. The second-order valence-corrected chi connectivity index (χ2v) is 17.0. The average molecular weight is 761 g/mol. The number of amides is 3. The molecule has 1 aromatic heterocycles. The highest BCUT2D eigenvalue weighted by Crippen LogP contribution is 2.33. The normalized spacial score (nSPS) is 16.6. The second kappa shape index (κ2) is 24.0. The van der Waals surface area contributed by atoms with E-state index in [2.05, 4.69) is 15.6 Å². The largest absolute Gasteiger partial charge is 0.391 e. The molecule has 7 N–H and O–H groups in total. The van der Waals surface area contributed by atoms with Crippen LogP contribution in [0.1, 0.15) is 109 Å². The maximum atomic E-state index is 14.3. The smallest absolute Gasteiger partial charge is 0.247 e. The number of aromatic nitrogens is 1. The van der Waals surface area contributed by atoms with E-state index in [-0.39, 0.29) is 30.7 Å². The summed E-state index contributed by atoms with van der Waals surface area (Å²) in [6, 6.07) is 6.29. The van der Waals surface area contributed by atoms with Gasteiger partial charge in [0.05, 0.1) is 22.2 Å². The van der Waals surface area contributed by atoms with E-state index in [1.165, 1.54) is 4.90 Å². The summed E-state index contributed by atoms with van der Waals surface area (Å²) in [6.07, 6.45) is 10.5. The monoisotopic (exact) mass is 760 g/mol. The highest BCUT2D eigenvalue weighted by atomic mass is 32.2. The van der Waals surface area contributed by atoms with Crippen LogP contribution in [0.15, 0.2) is 29.8 Å². The number of hydrogen-bond acceptors (Lipinski definition) is 10. The van der Waals surface area contributed by atoms with Crippen molar-refractivity contribution in [1.29, 1.82) is 0 Å². The fourth-order valence-electron chi connectivity index (χ4n) is 6.39. The van der Waals surface area contributed by atoms with E-state index in [0.29, 0.717) is 32.5 Å². The lowest BCUT2D eigenvalue weighted by atomic mass is 10.00. The van der Waals surface area contributed by atoms with Crippen molar-refractivity contribution in [2.45, 2.75) is 134 Å². The first kappa shape index (κ1) is 43.9. The number of unbranched alkanes of at least 4 members (excludes halogenated alkanes) is 8. The molecule has 3 atom stereocenters. The third-order valence-corrected chi connectivity index (χ3v) is 12.0. The van der Waals surface area contributed by atoms with Crippen LogP contribution in [0.5, 0.6) is 0 Å². The van der Waals surface area contributed by atoms with Gasteiger partial charge in [-0.2, -0.15) is 11.8 Å². The fourth-order valence-corrected chi connectivity index (χ4v) is 8.40. The summed E-state index contributed by atoms with van der Waals surface area (Å²) in [5, 5.41) is 16.7. The summed E-state index contributed by atoms with van der Waals surface area (Å²) in [4.78, 5) is 48.1. The molecule has 1 aliphatic rings. The van der Waals surface area contributed by atoms with E-state index in [1.54, 1.807) is 23.1 Å². The molecule has 13 heteroatoms. The Kier molecular flexibility index (Phi) is 20.2. The Morgan fingerprint density at radius 3 is 2.25 bits per heavy atom. The lowest BCUT2D eigenvalue weighted by molar-refractivity contribution is -0.142. The van der Waals surface area contributed by atoms with E-state index in [1.807, 2.05) is 50.5 Å². The number of thiazole rings is 1. The van der Waals surface area contributed by atoms with Crippen LogP contribution in [0, 0.1) is 6.92 Å². The number of β-amino-alcohol motifs (C(OH)–C–C–N with tert-alkyl or cyclic N) is 1. The Balaban J connectivity index is 1.58. The van der Waals surface area contributed by atoms with Crippen LogP contribution in [0.2, 0.25) is 0 Å². The van der Waals surface area contributed by atoms with Crippen LogP contribution < -0.4 is 22.1 Å². The van der Waals surface area contributed by atoms with Crippen molar-refractivity contribution < 1.29 is 24.2 Å². The van der Waals surface area contributed by atoms with Gasteiger partial charge < -0.3 is 36.8 Å². The zero-order valence-electron chi connectivity index (χ0n) is 31.7. The van der Waals surface area contributed by atoms with Crippen molar-refractivity contribution in [1.82, 2.24) is 20.5 Å². The van der Waals surface area contributed by atoms with Crippen LogP contribution in [0.25, 0.3) is 10.4 Å². The molecule has 11 nitrogen and oxygen atoms in total. The molecule has 3 amide bonds. The van der Waals surface area contributed by atoms with E-state index in [0.717, 1.165) is 105 Å². The number of hydrogen-bond donors (Lipinski definition) is 5. The predicted molar refractivity (Wildman–Crippen MR) is 213 cm³/mol. The number of nitrogens with one attached hydrogen (secondary N) is 2. The molecule has 2 aromatic rings. The van der Waals surface area contributed by atoms with Crippen LogP contribution in [-0.4, -0.2) is 94.2 Å². The van der Waals surface area contributed by atoms with Crippen molar-refractivity contribution in [3.05, 3.63) is 41.0 Å². The fraction of sp³-hybridized carbons (Fsp3) is 0.692. The number of ether oxygens (including phenoxy) is 1. The van der Waals surface area contributed by atoms with Crippen LogP contribution >= 0.6 is 23.1 Å². The van der Waals surface area contributed by atoms with Gasteiger partial charge in [0.15, 0.2) is 0 Å². The number of aliphatic hydroxyl groups is 1. The molecule has 1 unspecified atom stereocenters. The quantitative estimate of drug-likeness (QED) is 0.0798. The molecule has 0 bridgehead atoms. The first-order valence-corrected chi connectivity index (χ1v) is 21.1. The highest BCUT2D eigenvalue weighted by Gasteiger charge is 2.46. The van der Waals surface area contributed by atoms with Gasteiger partial charge in [-0.05, 0) is 89.3 Å². The standard InChI is InChI=1S/C39H64N6O5S2/c1-29-35(51-28-43-29)31-18-16-30(17-19-31)26-42-37(48)33-25-32(46)27-45(33)38(49)36(39(2,3)52-24-14-7-5-11-21-41)44-34(47)15-9-8-13-23-50-22-12-6-4-10-20-40/h16-19,28,32-33,36,46H,4-15,20-27,40-41H2,1-3H3,(H,42,48)(H,44,47)/t32-,33+,36?/m1/s1. The molecule has 0 spiro atoms. The van der Waals surface area contributed by atoms with E-state index in [4.69, 9.17) is 16.2 Å². The van der Waals surface area contributed by atoms with Crippen molar-refractivity contribution in [2.75, 3.05) is 38.6 Å². The molecule has 1 fully saturated rings. The number of carbonyl (C=O) groups is 3.